The predicted molar refractivity (Wildman–Crippen MR) is 200 cm³/mol. The number of hydrogen-bond acceptors (Lipinski definition) is 4. The number of fused-ring (bicyclic) bond motifs is 3. The summed E-state index contributed by atoms with van der Waals surface area (Å²) in [7, 11) is 0. The quantitative estimate of drug-likeness (QED) is 0.184. The second-order valence-electron chi connectivity index (χ2n) is 12.1. The van der Waals surface area contributed by atoms with E-state index in [0.29, 0.717) is 0 Å². The lowest BCUT2D eigenvalue weighted by Gasteiger charge is -2.10. The summed E-state index contributed by atoms with van der Waals surface area (Å²) >= 11 is 0. The number of aromatic nitrogens is 3. The van der Waals surface area contributed by atoms with Gasteiger partial charge in [-0.25, -0.2) is 4.98 Å². The highest BCUT2D eigenvalue weighted by Crippen LogP contribution is 2.34. The van der Waals surface area contributed by atoms with E-state index in [0.717, 1.165) is 83.7 Å². The molecule has 0 spiro atoms. The molecular formula is C45H29N3O. The van der Waals surface area contributed by atoms with Crippen LogP contribution >= 0.6 is 0 Å². The van der Waals surface area contributed by atoms with Gasteiger partial charge >= 0.3 is 0 Å². The molecule has 0 aliphatic heterocycles. The monoisotopic (exact) mass is 627 g/mol. The molecular weight excluding hydrogens is 599 g/mol. The van der Waals surface area contributed by atoms with E-state index in [1.807, 2.05) is 66.9 Å². The minimum absolute atomic E-state index is 0.810. The lowest BCUT2D eigenvalue weighted by atomic mass is 9.98. The number of benzene rings is 5. The fourth-order valence-corrected chi connectivity index (χ4v) is 6.44. The van der Waals surface area contributed by atoms with Crippen molar-refractivity contribution < 1.29 is 4.42 Å². The Hall–Kier alpha value is -6.65. The second kappa shape index (κ2) is 12.2. The molecule has 5 aromatic carbocycles. The average molecular weight is 628 g/mol. The molecule has 0 aliphatic carbocycles. The maximum Gasteiger partial charge on any atom is 0.136 e. The van der Waals surface area contributed by atoms with Gasteiger partial charge in [-0.1, -0.05) is 115 Å². The summed E-state index contributed by atoms with van der Waals surface area (Å²) in [6.45, 7) is 0. The molecule has 0 saturated carbocycles. The molecule has 230 valence electrons. The molecule has 49 heavy (non-hydrogen) atoms. The van der Waals surface area contributed by atoms with E-state index in [4.69, 9.17) is 14.4 Å². The van der Waals surface area contributed by atoms with Crippen LogP contribution in [-0.2, 0) is 0 Å². The zero-order chi connectivity index (χ0) is 32.6. The van der Waals surface area contributed by atoms with Crippen LogP contribution in [0.5, 0.6) is 0 Å². The third-order valence-electron chi connectivity index (χ3n) is 9.03. The number of pyridine rings is 3. The Balaban J connectivity index is 0.959. The summed E-state index contributed by atoms with van der Waals surface area (Å²) in [5, 5.41) is 2.29. The smallest absolute Gasteiger partial charge is 0.136 e. The minimum Gasteiger partial charge on any atom is -0.456 e. The normalized spacial score (nSPS) is 11.3. The number of para-hydroxylation sites is 1. The molecule has 0 bridgehead atoms. The Morgan fingerprint density at radius 3 is 1.55 bits per heavy atom. The fourth-order valence-electron chi connectivity index (χ4n) is 6.44. The van der Waals surface area contributed by atoms with E-state index in [-0.39, 0.29) is 0 Å². The molecule has 0 unspecified atom stereocenters. The maximum atomic E-state index is 6.12. The van der Waals surface area contributed by atoms with Crippen molar-refractivity contribution in [3.63, 3.8) is 0 Å². The number of rotatable bonds is 6. The molecule has 0 saturated heterocycles. The Morgan fingerprint density at radius 1 is 0.327 bits per heavy atom. The van der Waals surface area contributed by atoms with Gasteiger partial charge in [0.1, 0.15) is 11.2 Å². The molecule has 4 nitrogen and oxygen atoms in total. The summed E-state index contributed by atoms with van der Waals surface area (Å²) < 4.78 is 6.12. The van der Waals surface area contributed by atoms with E-state index in [1.54, 1.807) is 6.20 Å². The minimum atomic E-state index is 0.810. The molecule has 0 radical (unpaired) electrons. The van der Waals surface area contributed by atoms with Gasteiger partial charge in [-0.2, -0.15) is 0 Å². The van der Waals surface area contributed by atoms with Crippen LogP contribution in [0.1, 0.15) is 0 Å². The first kappa shape index (κ1) is 28.6. The molecule has 9 aromatic rings. The summed E-state index contributed by atoms with van der Waals surface area (Å²) in [6, 6.07) is 56.6. The fraction of sp³-hybridized carbons (Fsp3) is 0. The van der Waals surface area contributed by atoms with Crippen LogP contribution in [0.4, 0.5) is 0 Å². The zero-order valence-corrected chi connectivity index (χ0v) is 26.5. The Bertz CT molecular complexity index is 2500. The van der Waals surface area contributed by atoms with Crippen molar-refractivity contribution >= 4 is 21.9 Å². The van der Waals surface area contributed by atoms with Crippen LogP contribution in [0.15, 0.2) is 181 Å². The topological polar surface area (TPSA) is 51.8 Å². The van der Waals surface area contributed by atoms with Crippen molar-refractivity contribution in [1.29, 1.82) is 0 Å². The molecule has 4 heteroatoms. The van der Waals surface area contributed by atoms with E-state index < -0.39 is 0 Å². The second-order valence-corrected chi connectivity index (χ2v) is 12.1. The summed E-state index contributed by atoms with van der Waals surface area (Å²) in [4.78, 5) is 14.4. The first-order valence-corrected chi connectivity index (χ1v) is 16.3. The van der Waals surface area contributed by atoms with Gasteiger partial charge in [0.25, 0.3) is 0 Å². The zero-order valence-electron chi connectivity index (χ0n) is 26.5. The van der Waals surface area contributed by atoms with Crippen LogP contribution in [0.25, 0.3) is 89.2 Å². The van der Waals surface area contributed by atoms with E-state index >= 15 is 0 Å². The average Bonchev–Trinajstić information content (AvgIpc) is 3.57. The van der Waals surface area contributed by atoms with Crippen LogP contribution in [0.2, 0.25) is 0 Å². The molecule has 4 heterocycles. The van der Waals surface area contributed by atoms with Crippen LogP contribution in [0, 0.1) is 0 Å². The van der Waals surface area contributed by atoms with Crippen molar-refractivity contribution in [1.82, 2.24) is 15.0 Å². The summed E-state index contributed by atoms with van der Waals surface area (Å²) in [5.74, 6) is 0. The Morgan fingerprint density at radius 2 is 0.878 bits per heavy atom. The molecule has 9 rings (SSSR count). The standard InChI is InChI=1S/C45H29N3O/c1-2-8-30(9-3-1)37-26-42(40-11-6-7-25-46-40)48-43(27-37)41-24-22-36(29-47-41)34-19-15-32(16-20-34)31-13-17-33(18-14-31)35-21-23-39-38-10-4-5-12-44(38)49-45(39)28-35/h1-29H. The molecule has 0 aliphatic rings. The van der Waals surface area contributed by atoms with Crippen molar-refractivity contribution in [2.24, 2.45) is 0 Å². The van der Waals surface area contributed by atoms with Gasteiger partial charge in [0.2, 0.25) is 0 Å². The van der Waals surface area contributed by atoms with Gasteiger partial charge in [-0.05, 0) is 87.5 Å². The van der Waals surface area contributed by atoms with Gasteiger partial charge < -0.3 is 4.42 Å². The number of furan rings is 1. The van der Waals surface area contributed by atoms with Gasteiger partial charge in [0, 0.05) is 28.7 Å². The lowest BCUT2D eigenvalue weighted by Crippen LogP contribution is -1.94. The highest BCUT2D eigenvalue weighted by atomic mass is 16.3. The summed E-state index contributed by atoms with van der Waals surface area (Å²) in [5.41, 5.74) is 14.1. The number of nitrogens with zero attached hydrogens (tertiary/aromatic N) is 3. The van der Waals surface area contributed by atoms with Crippen molar-refractivity contribution in [3.05, 3.63) is 176 Å². The van der Waals surface area contributed by atoms with Crippen LogP contribution in [-0.4, -0.2) is 15.0 Å². The first-order valence-electron chi connectivity index (χ1n) is 16.3. The van der Waals surface area contributed by atoms with Crippen molar-refractivity contribution in [2.75, 3.05) is 0 Å². The molecule has 0 atom stereocenters. The largest absolute Gasteiger partial charge is 0.456 e. The van der Waals surface area contributed by atoms with Crippen molar-refractivity contribution in [2.45, 2.75) is 0 Å². The van der Waals surface area contributed by atoms with E-state index in [9.17, 15) is 0 Å². The predicted octanol–water partition coefficient (Wildman–Crippen LogP) is 11.8. The van der Waals surface area contributed by atoms with Crippen molar-refractivity contribution in [3.8, 4) is 67.3 Å². The lowest BCUT2D eigenvalue weighted by molar-refractivity contribution is 0.669. The first-order chi connectivity index (χ1) is 24.2. The van der Waals surface area contributed by atoms with Gasteiger partial charge in [-0.15, -0.1) is 0 Å². The third kappa shape index (κ3) is 5.56. The number of hydrogen-bond donors (Lipinski definition) is 0. The molecule has 4 aromatic heterocycles. The Labute approximate surface area is 284 Å². The van der Waals surface area contributed by atoms with E-state index in [2.05, 4.69) is 108 Å². The van der Waals surface area contributed by atoms with Crippen LogP contribution in [0.3, 0.4) is 0 Å². The SMILES string of the molecule is c1ccc(-c2cc(-c3ccccn3)nc(-c3ccc(-c4ccc(-c5ccc(-c6ccc7c(c6)oc6ccccc67)cc5)cc4)cn3)c2)cc1. The van der Waals surface area contributed by atoms with Gasteiger partial charge in [-0.3, -0.25) is 9.97 Å². The Kier molecular flexibility index (Phi) is 7.10. The van der Waals surface area contributed by atoms with Crippen LogP contribution < -0.4 is 0 Å². The highest BCUT2D eigenvalue weighted by molar-refractivity contribution is 6.05. The highest BCUT2D eigenvalue weighted by Gasteiger charge is 2.12. The molecule has 0 amide bonds. The molecule has 0 fully saturated rings. The maximum absolute atomic E-state index is 6.12. The summed E-state index contributed by atoms with van der Waals surface area (Å²) in [6.07, 6.45) is 3.72. The van der Waals surface area contributed by atoms with Gasteiger partial charge in [0.15, 0.2) is 0 Å². The van der Waals surface area contributed by atoms with E-state index in [1.165, 1.54) is 5.56 Å². The molecule has 0 N–H and O–H groups in total. The third-order valence-corrected chi connectivity index (χ3v) is 9.03. The van der Waals surface area contributed by atoms with Gasteiger partial charge in [0.05, 0.1) is 22.8 Å².